The first kappa shape index (κ1) is 14.3. The molecule has 0 bridgehead atoms. The van der Waals surface area contributed by atoms with Crippen LogP contribution in [-0.2, 0) is 6.42 Å². The minimum absolute atomic E-state index is 0.259. The van der Waals surface area contributed by atoms with Crippen LogP contribution in [0.2, 0.25) is 0 Å². The highest BCUT2D eigenvalue weighted by Gasteiger charge is 2.30. The molecular formula is C17H25NO. The minimum Gasteiger partial charge on any atom is -0.293 e. The Balaban J connectivity index is 1.97. The van der Waals surface area contributed by atoms with E-state index < -0.39 is 0 Å². The topological polar surface area (TPSA) is 20.3 Å². The SMILES string of the molecule is CCc1ccc(C(=O)CN(CC(C)C)C2CC2)cc1. The highest BCUT2D eigenvalue weighted by Crippen LogP contribution is 2.27. The first-order chi connectivity index (χ1) is 9.10. The largest absolute Gasteiger partial charge is 0.293 e. The lowest BCUT2D eigenvalue weighted by molar-refractivity contribution is 0.0915. The van der Waals surface area contributed by atoms with Crippen LogP contribution >= 0.6 is 0 Å². The number of aryl methyl sites for hydroxylation is 1. The van der Waals surface area contributed by atoms with E-state index in [1.54, 1.807) is 0 Å². The number of hydrogen-bond donors (Lipinski definition) is 0. The van der Waals surface area contributed by atoms with E-state index >= 15 is 0 Å². The first-order valence-corrected chi connectivity index (χ1v) is 7.46. The Bertz CT molecular complexity index is 417. The lowest BCUT2D eigenvalue weighted by Crippen LogP contribution is -2.34. The molecule has 0 heterocycles. The molecule has 1 aliphatic carbocycles. The summed E-state index contributed by atoms with van der Waals surface area (Å²) in [7, 11) is 0. The van der Waals surface area contributed by atoms with Gasteiger partial charge < -0.3 is 0 Å². The van der Waals surface area contributed by atoms with Gasteiger partial charge in [-0.2, -0.15) is 0 Å². The molecule has 104 valence electrons. The third kappa shape index (κ3) is 4.17. The molecule has 1 aromatic rings. The number of carbonyl (C=O) groups is 1. The summed E-state index contributed by atoms with van der Waals surface area (Å²) in [6, 6.07) is 8.73. The van der Waals surface area contributed by atoms with E-state index in [0.717, 1.165) is 18.5 Å². The van der Waals surface area contributed by atoms with Crippen molar-refractivity contribution in [3.63, 3.8) is 0 Å². The summed E-state index contributed by atoms with van der Waals surface area (Å²) in [5, 5.41) is 0. The number of benzene rings is 1. The fraction of sp³-hybridized carbons (Fsp3) is 0.588. The minimum atomic E-state index is 0.259. The van der Waals surface area contributed by atoms with Gasteiger partial charge >= 0.3 is 0 Å². The molecule has 0 atom stereocenters. The van der Waals surface area contributed by atoms with E-state index in [9.17, 15) is 4.79 Å². The fourth-order valence-corrected chi connectivity index (χ4v) is 2.45. The standard InChI is InChI=1S/C17H25NO/c1-4-14-5-7-15(8-6-14)17(19)12-18(11-13(2)3)16-9-10-16/h5-8,13,16H,4,9-12H2,1-3H3. The molecule has 2 rings (SSSR count). The van der Waals surface area contributed by atoms with Gasteiger partial charge in [0.25, 0.3) is 0 Å². The van der Waals surface area contributed by atoms with Crippen LogP contribution in [0.25, 0.3) is 0 Å². The van der Waals surface area contributed by atoms with Crippen LogP contribution < -0.4 is 0 Å². The molecule has 0 spiro atoms. The molecule has 0 radical (unpaired) electrons. The summed E-state index contributed by atoms with van der Waals surface area (Å²) in [6.07, 6.45) is 3.54. The van der Waals surface area contributed by atoms with Crippen molar-refractivity contribution >= 4 is 5.78 Å². The second-order valence-corrected chi connectivity index (χ2v) is 6.03. The quantitative estimate of drug-likeness (QED) is 0.698. The monoisotopic (exact) mass is 259 g/mol. The molecule has 0 aromatic heterocycles. The van der Waals surface area contributed by atoms with Crippen molar-refractivity contribution in [3.05, 3.63) is 35.4 Å². The van der Waals surface area contributed by atoms with E-state index in [1.165, 1.54) is 18.4 Å². The van der Waals surface area contributed by atoms with Gasteiger partial charge in [0.05, 0.1) is 6.54 Å². The highest BCUT2D eigenvalue weighted by molar-refractivity contribution is 5.97. The molecule has 1 aliphatic rings. The van der Waals surface area contributed by atoms with E-state index in [1.807, 2.05) is 12.1 Å². The molecule has 0 amide bonds. The average molecular weight is 259 g/mol. The van der Waals surface area contributed by atoms with Crippen LogP contribution in [0.15, 0.2) is 24.3 Å². The van der Waals surface area contributed by atoms with Gasteiger partial charge in [-0.1, -0.05) is 45.0 Å². The number of nitrogens with zero attached hydrogens (tertiary/aromatic N) is 1. The van der Waals surface area contributed by atoms with Crippen LogP contribution in [0.3, 0.4) is 0 Å². The Morgan fingerprint density at radius 3 is 2.37 bits per heavy atom. The Labute approximate surface area is 116 Å². The van der Waals surface area contributed by atoms with Crippen molar-refractivity contribution in [1.82, 2.24) is 4.90 Å². The van der Waals surface area contributed by atoms with Crippen LogP contribution in [0.4, 0.5) is 0 Å². The van der Waals surface area contributed by atoms with Crippen molar-refractivity contribution in [3.8, 4) is 0 Å². The number of ketones is 1. The van der Waals surface area contributed by atoms with Gasteiger partial charge in [-0.15, -0.1) is 0 Å². The molecule has 0 aliphatic heterocycles. The molecule has 0 unspecified atom stereocenters. The van der Waals surface area contributed by atoms with Crippen molar-refractivity contribution in [1.29, 1.82) is 0 Å². The Kier molecular flexibility index (Phi) is 4.76. The lowest BCUT2D eigenvalue weighted by atomic mass is 10.1. The molecule has 0 saturated heterocycles. The average Bonchev–Trinajstić information content (AvgIpc) is 3.21. The molecular weight excluding hydrogens is 234 g/mol. The molecule has 2 nitrogen and oxygen atoms in total. The number of Topliss-reactive ketones (excluding diaryl/α,β-unsaturated/α-hetero) is 1. The van der Waals surface area contributed by atoms with Gasteiger partial charge in [0.1, 0.15) is 0 Å². The zero-order valence-corrected chi connectivity index (χ0v) is 12.4. The van der Waals surface area contributed by atoms with Crippen molar-refractivity contribution in [2.75, 3.05) is 13.1 Å². The maximum atomic E-state index is 12.3. The number of carbonyl (C=O) groups excluding carboxylic acids is 1. The smallest absolute Gasteiger partial charge is 0.176 e. The summed E-state index contributed by atoms with van der Waals surface area (Å²) in [6.45, 7) is 8.18. The zero-order chi connectivity index (χ0) is 13.8. The summed E-state index contributed by atoms with van der Waals surface area (Å²) in [4.78, 5) is 14.7. The normalized spacial score (nSPS) is 15.2. The van der Waals surface area contributed by atoms with Crippen LogP contribution in [0, 0.1) is 5.92 Å². The van der Waals surface area contributed by atoms with E-state index in [2.05, 4.69) is 37.8 Å². The second kappa shape index (κ2) is 6.33. The second-order valence-electron chi connectivity index (χ2n) is 6.03. The zero-order valence-electron chi connectivity index (χ0n) is 12.4. The first-order valence-electron chi connectivity index (χ1n) is 7.46. The fourth-order valence-electron chi connectivity index (χ4n) is 2.45. The van der Waals surface area contributed by atoms with E-state index in [4.69, 9.17) is 0 Å². The van der Waals surface area contributed by atoms with Gasteiger partial charge in [0.2, 0.25) is 0 Å². The van der Waals surface area contributed by atoms with Crippen LogP contribution in [0.5, 0.6) is 0 Å². The Morgan fingerprint density at radius 1 is 1.26 bits per heavy atom. The number of rotatable bonds is 7. The molecule has 2 heteroatoms. The van der Waals surface area contributed by atoms with Crippen molar-refractivity contribution in [2.45, 2.75) is 46.1 Å². The molecule has 1 saturated carbocycles. The van der Waals surface area contributed by atoms with Gasteiger partial charge in [0, 0.05) is 18.2 Å². The van der Waals surface area contributed by atoms with Gasteiger partial charge in [-0.3, -0.25) is 9.69 Å². The van der Waals surface area contributed by atoms with Gasteiger partial charge in [-0.05, 0) is 30.7 Å². The maximum Gasteiger partial charge on any atom is 0.176 e. The molecule has 1 fully saturated rings. The highest BCUT2D eigenvalue weighted by atomic mass is 16.1. The molecule has 0 N–H and O–H groups in total. The predicted octanol–water partition coefficient (Wildman–Crippen LogP) is 3.55. The summed E-state index contributed by atoms with van der Waals surface area (Å²) in [5.41, 5.74) is 2.14. The van der Waals surface area contributed by atoms with E-state index in [-0.39, 0.29) is 5.78 Å². The maximum absolute atomic E-state index is 12.3. The van der Waals surface area contributed by atoms with Crippen LogP contribution in [0.1, 0.15) is 49.5 Å². The third-order valence-electron chi connectivity index (χ3n) is 3.69. The predicted molar refractivity (Wildman–Crippen MR) is 79.6 cm³/mol. The van der Waals surface area contributed by atoms with Gasteiger partial charge in [0.15, 0.2) is 5.78 Å². The summed E-state index contributed by atoms with van der Waals surface area (Å²) in [5.74, 6) is 0.881. The van der Waals surface area contributed by atoms with Crippen molar-refractivity contribution < 1.29 is 4.79 Å². The summed E-state index contributed by atoms with van der Waals surface area (Å²) < 4.78 is 0. The lowest BCUT2D eigenvalue weighted by Gasteiger charge is -2.23. The van der Waals surface area contributed by atoms with Crippen LogP contribution in [-0.4, -0.2) is 29.8 Å². The van der Waals surface area contributed by atoms with E-state index in [0.29, 0.717) is 18.5 Å². The van der Waals surface area contributed by atoms with Gasteiger partial charge in [-0.25, -0.2) is 0 Å². The third-order valence-corrected chi connectivity index (χ3v) is 3.69. The number of hydrogen-bond acceptors (Lipinski definition) is 2. The van der Waals surface area contributed by atoms with Crippen molar-refractivity contribution in [2.24, 2.45) is 5.92 Å². The Hall–Kier alpha value is -1.15. The Morgan fingerprint density at radius 2 is 1.89 bits per heavy atom. The summed E-state index contributed by atoms with van der Waals surface area (Å²) >= 11 is 0. The molecule has 19 heavy (non-hydrogen) atoms. The molecule has 1 aromatic carbocycles.